The van der Waals surface area contributed by atoms with Crippen LogP contribution in [-0.2, 0) is 0 Å². The lowest BCUT2D eigenvalue weighted by atomic mass is 10.4. The Hall–Kier alpha value is -2.48. The molecule has 0 unspecified atom stereocenters. The molecule has 3 aromatic heterocycles. The number of hydrogen-bond acceptors (Lipinski definition) is 6. The van der Waals surface area contributed by atoms with Crippen LogP contribution in [0.3, 0.4) is 0 Å². The van der Waals surface area contributed by atoms with Gasteiger partial charge in [-0.1, -0.05) is 6.07 Å². The molecule has 7 nitrogen and oxygen atoms in total. The third kappa shape index (κ3) is 2.25. The van der Waals surface area contributed by atoms with Gasteiger partial charge in [0.2, 0.25) is 5.16 Å². The maximum Gasteiger partial charge on any atom is 0.287 e. The molecular weight excluding hydrogens is 266 g/mol. The molecule has 3 heterocycles. The first-order valence-electron chi connectivity index (χ1n) is 5.32. The lowest BCUT2D eigenvalue weighted by molar-refractivity contribution is -0.385. The van der Waals surface area contributed by atoms with E-state index >= 15 is 0 Å². The van der Waals surface area contributed by atoms with Gasteiger partial charge in [-0.15, -0.1) is 10.2 Å². The van der Waals surface area contributed by atoms with Crippen molar-refractivity contribution in [1.82, 2.24) is 19.6 Å². The summed E-state index contributed by atoms with van der Waals surface area (Å²) < 4.78 is 1.83. The Morgan fingerprint density at radius 1 is 1.21 bits per heavy atom. The number of hydrogen-bond donors (Lipinski definition) is 0. The molecule has 0 aliphatic carbocycles. The summed E-state index contributed by atoms with van der Waals surface area (Å²) >= 11 is 1.30. The fourth-order valence-corrected chi connectivity index (χ4v) is 2.29. The Labute approximate surface area is 111 Å². The molecule has 0 N–H and O–H groups in total. The zero-order chi connectivity index (χ0) is 13.2. The minimum absolute atomic E-state index is 0.0320. The van der Waals surface area contributed by atoms with Gasteiger partial charge < -0.3 is 0 Å². The van der Waals surface area contributed by atoms with Gasteiger partial charge in [0.05, 0.1) is 4.92 Å². The molecule has 0 amide bonds. The zero-order valence-electron chi connectivity index (χ0n) is 9.50. The standard InChI is InChI=1S/C11H7N5O2S/c17-16(18)8-4-5-10(12-7-8)19-11-14-13-9-3-1-2-6-15(9)11/h1-7H. The smallest absolute Gasteiger partial charge is 0.277 e. The quantitative estimate of drug-likeness (QED) is 0.537. The van der Waals surface area contributed by atoms with Gasteiger partial charge in [0.1, 0.15) is 11.2 Å². The van der Waals surface area contributed by atoms with Crippen molar-refractivity contribution in [3.05, 3.63) is 52.8 Å². The molecule has 0 bridgehead atoms. The molecule has 0 aromatic carbocycles. The summed E-state index contributed by atoms with van der Waals surface area (Å²) in [5.74, 6) is 0. The van der Waals surface area contributed by atoms with Gasteiger partial charge in [-0.2, -0.15) is 0 Å². The van der Waals surface area contributed by atoms with Crippen molar-refractivity contribution >= 4 is 23.1 Å². The Balaban J connectivity index is 1.90. The Bertz CT molecular complexity index is 740. The van der Waals surface area contributed by atoms with Crippen LogP contribution < -0.4 is 0 Å². The summed E-state index contributed by atoms with van der Waals surface area (Å²) in [4.78, 5) is 14.1. The molecule has 0 aliphatic heterocycles. The number of aromatic nitrogens is 4. The second kappa shape index (κ2) is 4.65. The highest BCUT2D eigenvalue weighted by atomic mass is 32.2. The molecule has 19 heavy (non-hydrogen) atoms. The summed E-state index contributed by atoms with van der Waals surface area (Å²) in [6.45, 7) is 0. The van der Waals surface area contributed by atoms with Crippen LogP contribution in [0.5, 0.6) is 0 Å². The summed E-state index contributed by atoms with van der Waals surface area (Å²) in [5, 5.41) is 19.9. The van der Waals surface area contributed by atoms with E-state index in [1.807, 2.05) is 28.8 Å². The van der Waals surface area contributed by atoms with E-state index in [0.29, 0.717) is 10.2 Å². The maximum absolute atomic E-state index is 10.5. The van der Waals surface area contributed by atoms with E-state index in [2.05, 4.69) is 15.2 Å². The summed E-state index contributed by atoms with van der Waals surface area (Å²) in [5.41, 5.74) is 0.711. The number of pyridine rings is 2. The van der Waals surface area contributed by atoms with E-state index < -0.39 is 4.92 Å². The molecule has 3 aromatic rings. The van der Waals surface area contributed by atoms with Gasteiger partial charge in [-0.3, -0.25) is 14.5 Å². The summed E-state index contributed by atoms with van der Waals surface area (Å²) in [7, 11) is 0. The average Bonchev–Trinajstić information content (AvgIpc) is 2.83. The van der Waals surface area contributed by atoms with Crippen molar-refractivity contribution in [2.24, 2.45) is 0 Å². The van der Waals surface area contributed by atoms with Crippen LogP contribution in [0.1, 0.15) is 0 Å². The lowest BCUT2D eigenvalue weighted by Gasteiger charge is -1.98. The van der Waals surface area contributed by atoms with Crippen molar-refractivity contribution in [1.29, 1.82) is 0 Å². The fraction of sp³-hybridized carbons (Fsp3) is 0. The molecule has 94 valence electrons. The number of rotatable bonds is 3. The van der Waals surface area contributed by atoms with Crippen LogP contribution in [0.25, 0.3) is 5.65 Å². The SMILES string of the molecule is O=[N+]([O-])c1ccc(Sc2nnc3ccccn23)nc1. The van der Waals surface area contributed by atoms with Crippen molar-refractivity contribution in [2.75, 3.05) is 0 Å². The van der Waals surface area contributed by atoms with Crippen LogP contribution >= 0.6 is 11.8 Å². The van der Waals surface area contributed by atoms with Crippen LogP contribution in [0, 0.1) is 10.1 Å². The van der Waals surface area contributed by atoms with Crippen LogP contribution in [0.4, 0.5) is 5.69 Å². The molecule has 3 rings (SSSR count). The monoisotopic (exact) mass is 273 g/mol. The number of nitro groups is 1. The van der Waals surface area contributed by atoms with Crippen molar-refractivity contribution in [3.8, 4) is 0 Å². The van der Waals surface area contributed by atoms with Crippen molar-refractivity contribution in [2.45, 2.75) is 10.2 Å². The van der Waals surface area contributed by atoms with Crippen LogP contribution in [0.2, 0.25) is 0 Å². The Morgan fingerprint density at radius 2 is 2.11 bits per heavy atom. The van der Waals surface area contributed by atoms with Gasteiger partial charge in [-0.25, -0.2) is 4.98 Å². The summed E-state index contributed by atoms with van der Waals surface area (Å²) in [6, 6.07) is 8.61. The predicted molar refractivity (Wildman–Crippen MR) is 68.0 cm³/mol. The number of nitrogens with zero attached hydrogens (tertiary/aromatic N) is 5. The maximum atomic E-state index is 10.5. The van der Waals surface area contributed by atoms with E-state index in [4.69, 9.17) is 0 Å². The van der Waals surface area contributed by atoms with Gasteiger partial charge in [0.15, 0.2) is 5.65 Å². The van der Waals surface area contributed by atoms with Crippen molar-refractivity contribution in [3.63, 3.8) is 0 Å². The summed E-state index contributed by atoms with van der Waals surface area (Å²) in [6.07, 6.45) is 3.08. The molecular formula is C11H7N5O2S. The van der Waals surface area contributed by atoms with Crippen LogP contribution in [-0.4, -0.2) is 24.5 Å². The van der Waals surface area contributed by atoms with Gasteiger partial charge in [0, 0.05) is 12.3 Å². The number of fused-ring (bicyclic) bond motifs is 1. The van der Waals surface area contributed by atoms with E-state index in [9.17, 15) is 10.1 Å². The lowest BCUT2D eigenvalue weighted by Crippen LogP contribution is -1.90. The Morgan fingerprint density at radius 3 is 2.84 bits per heavy atom. The first kappa shape index (κ1) is 11.6. The highest BCUT2D eigenvalue weighted by Gasteiger charge is 2.10. The van der Waals surface area contributed by atoms with E-state index in [0.717, 1.165) is 5.65 Å². The normalized spacial score (nSPS) is 10.7. The average molecular weight is 273 g/mol. The predicted octanol–water partition coefficient (Wildman–Crippen LogP) is 2.18. The molecule has 0 saturated carbocycles. The van der Waals surface area contributed by atoms with Crippen molar-refractivity contribution < 1.29 is 4.92 Å². The van der Waals surface area contributed by atoms with Gasteiger partial charge in [-0.05, 0) is 30.0 Å². The largest absolute Gasteiger partial charge is 0.287 e. The molecule has 0 aliphatic rings. The zero-order valence-corrected chi connectivity index (χ0v) is 10.3. The highest BCUT2D eigenvalue weighted by molar-refractivity contribution is 7.99. The molecule has 0 spiro atoms. The highest BCUT2D eigenvalue weighted by Crippen LogP contribution is 2.25. The first-order chi connectivity index (χ1) is 9.24. The third-order valence-corrected chi connectivity index (χ3v) is 3.32. The van der Waals surface area contributed by atoms with E-state index in [1.165, 1.54) is 24.0 Å². The first-order valence-corrected chi connectivity index (χ1v) is 6.14. The molecule has 0 saturated heterocycles. The van der Waals surface area contributed by atoms with Gasteiger partial charge >= 0.3 is 0 Å². The second-order valence-electron chi connectivity index (χ2n) is 3.63. The molecule has 0 fully saturated rings. The van der Waals surface area contributed by atoms with Gasteiger partial charge in [0.25, 0.3) is 5.69 Å². The Kier molecular flexibility index (Phi) is 2.84. The molecule has 0 atom stereocenters. The minimum atomic E-state index is -0.478. The molecule has 8 heteroatoms. The van der Waals surface area contributed by atoms with Crippen LogP contribution in [0.15, 0.2) is 52.9 Å². The molecule has 0 radical (unpaired) electrons. The minimum Gasteiger partial charge on any atom is -0.277 e. The second-order valence-corrected chi connectivity index (χ2v) is 4.61. The fourth-order valence-electron chi connectivity index (χ4n) is 1.52. The topological polar surface area (TPSA) is 86.2 Å². The van der Waals surface area contributed by atoms with E-state index in [1.54, 1.807) is 6.07 Å². The van der Waals surface area contributed by atoms with E-state index in [-0.39, 0.29) is 5.69 Å². The third-order valence-electron chi connectivity index (χ3n) is 2.41.